The van der Waals surface area contributed by atoms with Gasteiger partial charge in [-0.25, -0.2) is 0 Å². The standard InChI is InChI=1S/C14H14Si.C14H10.C12H8Se.C12H10.C6H6.8C5H12.C2H6/c1-15(2)13-9-5-3-7-11(13)12-8-4-6-10-14(12)15;1-3-7-13-11(5-1)9-10-12-6-2-4-8-14(12)13;1-3-7-11-9(5-1)10-6-2-4-8-12(10)13-11;1-3-7-11(8-4-1)12-9-5-2-6-10-12;1-2-4-6-5-3-1;8*1-5(2,3)4;1-2/h3-10H,1-2H3;1-10H;1-8H;1-10H;1-6H;8*1-4H3;1-2H3. The quantitative estimate of drug-likeness (QED) is 0.114. The van der Waals surface area contributed by atoms with E-state index in [2.05, 4.69) is 441 Å². The molecule has 0 unspecified atom stereocenters. The van der Waals surface area contributed by atoms with E-state index in [0.29, 0.717) is 57.8 Å². The molecule has 1 aromatic heterocycles. The third-order valence-electron chi connectivity index (χ3n) is 11.0. The van der Waals surface area contributed by atoms with Crippen LogP contribution in [0.3, 0.4) is 0 Å². The van der Waals surface area contributed by atoms with Crippen LogP contribution in [-0.4, -0.2) is 22.6 Å². The molecule has 0 N–H and O–H groups in total. The van der Waals surface area contributed by atoms with Crippen molar-refractivity contribution >= 4 is 73.8 Å². The second kappa shape index (κ2) is 47.0. The van der Waals surface area contributed by atoms with Crippen LogP contribution in [0.2, 0.25) is 13.1 Å². The molecule has 0 saturated heterocycles. The van der Waals surface area contributed by atoms with E-state index >= 15 is 0 Å². The van der Waals surface area contributed by atoms with Crippen LogP contribution in [0.5, 0.6) is 0 Å². The van der Waals surface area contributed by atoms with Gasteiger partial charge in [-0.15, -0.1) is 0 Å². The molecule has 0 saturated carbocycles. The van der Waals surface area contributed by atoms with Crippen molar-refractivity contribution in [1.82, 2.24) is 0 Å². The van der Waals surface area contributed by atoms with Crippen LogP contribution in [0.4, 0.5) is 0 Å². The molecule has 11 aromatic rings. The maximum atomic E-state index is 2.44. The Bertz CT molecular complexity index is 3470. The molecule has 0 spiro atoms. The summed E-state index contributed by atoms with van der Waals surface area (Å²) >= 11 is 0.535. The van der Waals surface area contributed by atoms with Gasteiger partial charge in [-0.1, -0.05) is 455 Å². The third-order valence-corrected chi connectivity index (χ3v) is 17.0. The van der Waals surface area contributed by atoms with Crippen LogP contribution in [0, 0.1) is 43.3 Å². The average molecular weight is 1460 g/mol. The molecular weight excluding hydrogens is 1310 g/mol. The fourth-order valence-corrected chi connectivity index (χ4v) is 13.4. The van der Waals surface area contributed by atoms with E-state index < -0.39 is 8.07 Å². The molecule has 0 aliphatic carbocycles. The Kier molecular flexibility index (Phi) is 45.0. The Balaban J connectivity index is 0. The molecule has 0 bridgehead atoms. The number of benzene rings is 10. The summed E-state index contributed by atoms with van der Waals surface area (Å²) in [5.41, 5.74) is 9.48. The first-order valence-corrected chi connectivity index (χ1v) is 42.3. The van der Waals surface area contributed by atoms with Gasteiger partial charge in [0.25, 0.3) is 0 Å². The molecule has 0 radical (unpaired) electrons. The maximum Gasteiger partial charge on any atom is -0.0105 e. The zero-order valence-electron chi connectivity index (χ0n) is 72.2. The summed E-state index contributed by atoms with van der Waals surface area (Å²) < 4.78 is 3.05. The maximum absolute atomic E-state index is 2.44. The van der Waals surface area contributed by atoms with E-state index in [0.717, 1.165) is 0 Å². The molecule has 1 aliphatic rings. The predicted molar refractivity (Wildman–Crippen MR) is 479 cm³/mol. The van der Waals surface area contributed by atoms with E-state index in [1.54, 1.807) is 10.4 Å². The van der Waals surface area contributed by atoms with Gasteiger partial charge in [0.05, 0.1) is 0 Å². The molecule has 0 atom stereocenters. The van der Waals surface area contributed by atoms with Gasteiger partial charge in [-0.3, -0.25) is 0 Å². The molecule has 2 heterocycles. The van der Waals surface area contributed by atoms with Crippen LogP contribution < -0.4 is 10.4 Å². The van der Waals surface area contributed by atoms with Crippen LogP contribution in [0.15, 0.2) is 255 Å². The number of fused-ring (bicyclic) bond motifs is 9. The summed E-state index contributed by atoms with van der Waals surface area (Å²) in [7, 11) is -1.38. The Morgan fingerprint density at radius 3 is 0.618 bits per heavy atom. The molecule has 560 valence electrons. The first kappa shape index (κ1) is 97.5. The molecular formula is C100H150SeSi. The molecule has 12 rings (SSSR count). The monoisotopic (exact) mass is 1460 g/mol. The van der Waals surface area contributed by atoms with Gasteiger partial charge < -0.3 is 0 Å². The van der Waals surface area contributed by atoms with E-state index in [4.69, 9.17) is 0 Å². The number of hydrogen-bond acceptors (Lipinski definition) is 0. The van der Waals surface area contributed by atoms with Crippen molar-refractivity contribution in [3.63, 3.8) is 0 Å². The van der Waals surface area contributed by atoms with E-state index in [1.165, 1.54) is 63.1 Å². The first-order valence-electron chi connectivity index (χ1n) is 37.6. The van der Waals surface area contributed by atoms with Crippen LogP contribution in [0.25, 0.3) is 63.1 Å². The average Bonchev–Trinajstić information content (AvgIpc) is 1.59. The fourth-order valence-electron chi connectivity index (χ4n) is 7.95. The van der Waals surface area contributed by atoms with E-state index in [1.807, 2.05) is 62.4 Å². The predicted octanol–water partition coefficient (Wildman–Crippen LogP) is 32.0. The largest absolute Gasteiger partial charge is 0.0623 e. The summed E-state index contributed by atoms with van der Waals surface area (Å²) in [6.45, 7) is 78.9. The normalized spacial score (nSPS) is 11.6. The molecule has 2 heteroatoms. The smallest absolute Gasteiger partial charge is 0.0105 e. The summed E-state index contributed by atoms with van der Waals surface area (Å²) in [5.74, 6) is 0. The van der Waals surface area contributed by atoms with E-state index in [9.17, 15) is 0 Å². The molecule has 10 aromatic carbocycles. The third kappa shape index (κ3) is 56.9. The zero-order valence-corrected chi connectivity index (χ0v) is 74.9. The van der Waals surface area contributed by atoms with Gasteiger partial charge in [0.2, 0.25) is 0 Å². The molecule has 1 aliphatic heterocycles. The van der Waals surface area contributed by atoms with Crippen LogP contribution >= 0.6 is 0 Å². The van der Waals surface area contributed by atoms with Crippen LogP contribution in [-0.2, 0) is 0 Å². The zero-order chi connectivity index (χ0) is 79.0. The van der Waals surface area contributed by atoms with Gasteiger partial charge >= 0.3 is 82.3 Å². The minimum atomic E-state index is -1.38. The molecule has 0 fully saturated rings. The second-order valence-corrected chi connectivity index (χ2v) is 45.8. The minimum absolute atomic E-state index is 0.500. The van der Waals surface area contributed by atoms with Crippen molar-refractivity contribution in [2.45, 2.75) is 249 Å². The fraction of sp³-hybridized carbons (Fsp3) is 0.440. The van der Waals surface area contributed by atoms with Crippen molar-refractivity contribution in [2.24, 2.45) is 43.3 Å². The van der Waals surface area contributed by atoms with Crippen molar-refractivity contribution in [1.29, 1.82) is 0 Å². The van der Waals surface area contributed by atoms with Gasteiger partial charge in [-0.05, 0) is 97.5 Å². The number of rotatable bonds is 1. The minimum Gasteiger partial charge on any atom is -0.0623 e. The van der Waals surface area contributed by atoms with Gasteiger partial charge in [-0.2, -0.15) is 0 Å². The molecule has 0 amide bonds. The summed E-state index contributed by atoms with van der Waals surface area (Å²) in [4.78, 5) is 0. The topological polar surface area (TPSA) is 0 Å². The van der Waals surface area contributed by atoms with Crippen molar-refractivity contribution < 1.29 is 0 Å². The van der Waals surface area contributed by atoms with Crippen molar-refractivity contribution in [3.05, 3.63) is 255 Å². The Labute approximate surface area is 638 Å². The van der Waals surface area contributed by atoms with Crippen molar-refractivity contribution in [3.8, 4) is 22.3 Å². The van der Waals surface area contributed by atoms with Crippen LogP contribution in [0.1, 0.15) is 235 Å². The summed E-state index contributed by atoms with van der Waals surface area (Å²) in [5, 5.41) is 11.4. The van der Waals surface area contributed by atoms with Gasteiger partial charge in [0, 0.05) is 0 Å². The van der Waals surface area contributed by atoms with Gasteiger partial charge in [0.15, 0.2) is 0 Å². The summed E-state index contributed by atoms with van der Waals surface area (Å²) in [6, 6.07) is 89.4. The summed E-state index contributed by atoms with van der Waals surface area (Å²) in [6.07, 6.45) is 0. The molecule has 102 heavy (non-hydrogen) atoms. The number of hydrogen-bond donors (Lipinski definition) is 0. The Hall–Kier alpha value is -6.54. The van der Waals surface area contributed by atoms with E-state index in [-0.39, 0.29) is 0 Å². The Morgan fingerprint density at radius 2 is 0.373 bits per heavy atom. The molecule has 0 nitrogen and oxygen atoms in total. The SMILES string of the molecule is CC.CC(C)(C)C.CC(C)(C)C.CC(C)(C)C.CC(C)(C)C.CC(C)(C)C.CC(C)(C)C.CC(C)(C)C.CC(C)(C)C.C[Si]1(C)c2ccccc2-c2ccccc21.c1ccc(-c2ccccc2)cc1.c1ccc2c(c1)[se]c1ccccc12.c1ccc2c(c1)ccc1ccccc12.c1ccccc1. The second-order valence-electron chi connectivity index (χ2n) is 39.2. The van der Waals surface area contributed by atoms with Gasteiger partial charge in [0.1, 0.15) is 8.07 Å². The Morgan fingerprint density at radius 1 is 0.196 bits per heavy atom. The first-order chi connectivity index (χ1) is 46.6. The van der Waals surface area contributed by atoms with Crippen molar-refractivity contribution in [2.75, 3.05) is 0 Å².